The largest absolute Gasteiger partial charge is 0.416 e. The fourth-order valence-electron chi connectivity index (χ4n) is 3.51. The molecule has 3 aromatic rings. The number of aryl methyl sites for hydroxylation is 1. The van der Waals surface area contributed by atoms with Gasteiger partial charge in [0.05, 0.1) is 17.1 Å². The number of nitrogens with two attached hydrogens (primary N) is 1. The Labute approximate surface area is 169 Å². The van der Waals surface area contributed by atoms with Gasteiger partial charge in [-0.25, -0.2) is 9.97 Å². The molecule has 0 fully saturated rings. The number of alkyl halides is 3. The van der Waals surface area contributed by atoms with Crippen molar-refractivity contribution < 1.29 is 13.2 Å². The minimum Gasteiger partial charge on any atom is -0.398 e. The van der Waals surface area contributed by atoms with Crippen molar-refractivity contribution in [2.45, 2.75) is 33.0 Å². The van der Waals surface area contributed by atoms with E-state index >= 15 is 0 Å². The van der Waals surface area contributed by atoms with E-state index in [9.17, 15) is 13.2 Å². The van der Waals surface area contributed by atoms with Gasteiger partial charge >= 0.3 is 6.18 Å². The van der Waals surface area contributed by atoms with Gasteiger partial charge in [-0.2, -0.15) is 13.2 Å². The monoisotopic (exact) mass is 420 g/mol. The van der Waals surface area contributed by atoms with Crippen molar-refractivity contribution in [3.8, 4) is 0 Å². The van der Waals surface area contributed by atoms with Crippen LogP contribution >= 0.6 is 7.92 Å². The SMILES string of the molecule is Cc1nc(NC(C)c2cccc(C(F)(F)F)c2C)c2cc(P(C)C)c(N)cc2n1. The highest BCUT2D eigenvalue weighted by molar-refractivity contribution is 7.64. The summed E-state index contributed by atoms with van der Waals surface area (Å²) in [5, 5.41) is 5.15. The van der Waals surface area contributed by atoms with Gasteiger partial charge in [-0.3, -0.25) is 0 Å². The second-order valence-electron chi connectivity index (χ2n) is 7.33. The van der Waals surface area contributed by atoms with Crippen LogP contribution in [0, 0.1) is 13.8 Å². The van der Waals surface area contributed by atoms with Crippen LogP contribution in [0.3, 0.4) is 0 Å². The molecule has 1 aromatic heterocycles. The van der Waals surface area contributed by atoms with Crippen LogP contribution in [0.15, 0.2) is 30.3 Å². The molecule has 1 atom stereocenters. The number of nitrogens with zero attached hydrogens (tertiary/aromatic N) is 2. The lowest BCUT2D eigenvalue weighted by molar-refractivity contribution is -0.138. The first-order chi connectivity index (χ1) is 13.5. The normalized spacial score (nSPS) is 13.1. The van der Waals surface area contributed by atoms with Crippen molar-refractivity contribution in [3.63, 3.8) is 0 Å². The van der Waals surface area contributed by atoms with E-state index in [1.165, 1.54) is 13.0 Å². The number of hydrogen-bond acceptors (Lipinski definition) is 4. The molecule has 29 heavy (non-hydrogen) atoms. The molecular weight excluding hydrogens is 396 g/mol. The van der Waals surface area contributed by atoms with E-state index in [1.807, 2.05) is 19.1 Å². The zero-order chi connectivity index (χ0) is 21.5. The van der Waals surface area contributed by atoms with E-state index in [2.05, 4.69) is 28.6 Å². The van der Waals surface area contributed by atoms with E-state index < -0.39 is 19.7 Å². The van der Waals surface area contributed by atoms with Gasteiger partial charge in [-0.1, -0.05) is 20.1 Å². The summed E-state index contributed by atoms with van der Waals surface area (Å²) in [6.45, 7) is 9.34. The number of halogens is 3. The van der Waals surface area contributed by atoms with Crippen molar-refractivity contribution >= 4 is 35.6 Å². The summed E-state index contributed by atoms with van der Waals surface area (Å²) in [4.78, 5) is 8.99. The van der Waals surface area contributed by atoms with Crippen molar-refractivity contribution in [1.29, 1.82) is 0 Å². The lowest BCUT2D eigenvalue weighted by atomic mass is 9.97. The van der Waals surface area contributed by atoms with E-state index in [0.29, 0.717) is 28.4 Å². The van der Waals surface area contributed by atoms with E-state index in [4.69, 9.17) is 5.73 Å². The third-order valence-electron chi connectivity index (χ3n) is 4.94. The topological polar surface area (TPSA) is 63.8 Å². The molecule has 154 valence electrons. The molecule has 0 aliphatic carbocycles. The minimum absolute atomic E-state index is 0.214. The highest BCUT2D eigenvalue weighted by Crippen LogP contribution is 2.36. The van der Waals surface area contributed by atoms with Crippen LogP contribution < -0.4 is 16.4 Å². The number of fused-ring (bicyclic) bond motifs is 1. The third-order valence-corrected chi connectivity index (χ3v) is 6.29. The average molecular weight is 420 g/mol. The van der Waals surface area contributed by atoms with Crippen LogP contribution in [0.25, 0.3) is 10.9 Å². The molecule has 3 N–H and O–H groups in total. The fraction of sp³-hybridized carbons (Fsp3) is 0.333. The van der Waals surface area contributed by atoms with Gasteiger partial charge in [0.15, 0.2) is 0 Å². The van der Waals surface area contributed by atoms with Crippen LogP contribution in [0.4, 0.5) is 24.7 Å². The Balaban J connectivity index is 2.07. The van der Waals surface area contributed by atoms with Gasteiger partial charge in [-0.15, -0.1) is 0 Å². The molecule has 0 aliphatic rings. The number of nitrogens with one attached hydrogen (secondary N) is 1. The maximum absolute atomic E-state index is 13.3. The zero-order valence-corrected chi connectivity index (χ0v) is 17.9. The summed E-state index contributed by atoms with van der Waals surface area (Å²) in [7, 11) is -0.430. The molecule has 4 nitrogen and oxygen atoms in total. The number of anilines is 2. The first-order valence-corrected chi connectivity index (χ1v) is 11.4. The van der Waals surface area contributed by atoms with Crippen LogP contribution in [-0.4, -0.2) is 23.3 Å². The maximum atomic E-state index is 13.3. The number of benzene rings is 2. The Morgan fingerprint density at radius 2 is 1.79 bits per heavy atom. The van der Waals surface area contributed by atoms with Gasteiger partial charge in [0.2, 0.25) is 0 Å². The van der Waals surface area contributed by atoms with Crippen molar-refractivity contribution in [3.05, 3.63) is 52.8 Å². The molecule has 8 heteroatoms. The lowest BCUT2D eigenvalue weighted by Crippen LogP contribution is -2.15. The molecule has 0 radical (unpaired) electrons. The molecule has 0 amide bonds. The first-order valence-electron chi connectivity index (χ1n) is 9.17. The highest BCUT2D eigenvalue weighted by atomic mass is 31.1. The molecule has 0 spiro atoms. The molecular formula is C21H24F3N4P. The van der Waals surface area contributed by atoms with Crippen molar-refractivity contribution in [2.24, 2.45) is 0 Å². The molecule has 0 saturated carbocycles. The fourth-order valence-corrected chi connectivity index (χ4v) is 4.47. The first kappa shape index (κ1) is 21.3. The molecule has 1 heterocycles. The molecule has 2 aromatic carbocycles. The quantitative estimate of drug-likeness (QED) is 0.439. The number of nitrogen functional groups attached to an aromatic ring is 1. The molecule has 0 saturated heterocycles. The van der Waals surface area contributed by atoms with E-state index in [0.717, 1.165) is 16.8 Å². The zero-order valence-electron chi connectivity index (χ0n) is 17.0. The Morgan fingerprint density at radius 3 is 2.41 bits per heavy atom. The predicted octanol–water partition coefficient (Wildman–Crippen LogP) is 5.39. The van der Waals surface area contributed by atoms with Gasteiger partial charge in [0.1, 0.15) is 11.6 Å². The van der Waals surface area contributed by atoms with Crippen molar-refractivity contribution in [2.75, 3.05) is 24.4 Å². The highest BCUT2D eigenvalue weighted by Gasteiger charge is 2.33. The average Bonchev–Trinajstić information content (AvgIpc) is 2.59. The smallest absolute Gasteiger partial charge is 0.398 e. The Hall–Kier alpha value is -2.40. The second kappa shape index (κ2) is 7.79. The maximum Gasteiger partial charge on any atom is 0.416 e. The summed E-state index contributed by atoms with van der Waals surface area (Å²) < 4.78 is 39.9. The Bertz CT molecular complexity index is 1060. The van der Waals surface area contributed by atoms with Gasteiger partial charge in [0.25, 0.3) is 0 Å². The van der Waals surface area contributed by atoms with Gasteiger partial charge in [-0.05, 0) is 68.7 Å². The standard InChI is InChI=1S/C21H24F3N4P/c1-11-14(7-6-8-16(11)21(22,23)24)12(2)26-20-15-9-19(29(4)5)17(25)10-18(15)27-13(3)28-20/h6-10,12H,25H2,1-5H3,(H,26,27,28). The number of rotatable bonds is 4. The number of hydrogen-bond donors (Lipinski definition) is 2. The van der Waals surface area contributed by atoms with Crippen LogP contribution in [0.5, 0.6) is 0 Å². The summed E-state index contributed by atoms with van der Waals surface area (Å²) in [6.07, 6.45) is -4.39. The number of aromatic nitrogens is 2. The van der Waals surface area contributed by atoms with Gasteiger partial charge < -0.3 is 11.1 Å². The summed E-state index contributed by atoms with van der Waals surface area (Å²) in [5.41, 5.74) is 7.76. The Kier molecular flexibility index (Phi) is 5.72. The molecule has 3 rings (SSSR count). The van der Waals surface area contributed by atoms with E-state index in [1.54, 1.807) is 13.0 Å². The van der Waals surface area contributed by atoms with Crippen LogP contribution in [-0.2, 0) is 6.18 Å². The van der Waals surface area contributed by atoms with E-state index in [-0.39, 0.29) is 11.6 Å². The molecule has 1 unspecified atom stereocenters. The predicted molar refractivity (Wildman–Crippen MR) is 115 cm³/mol. The van der Waals surface area contributed by atoms with Gasteiger partial charge in [0, 0.05) is 11.1 Å². The summed E-state index contributed by atoms with van der Waals surface area (Å²) >= 11 is 0. The molecule has 0 bridgehead atoms. The summed E-state index contributed by atoms with van der Waals surface area (Å²) in [6, 6.07) is 7.71. The third kappa shape index (κ3) is 4.30. The Morgan fingerprint density at radius 1 is 1.10 bits per heavy atom. The minimum atomic E-state index is -4.39. The van der Waals surface area contributed by atoms with Crippen molar-refractivity contribution in [1.82, 2.24) is 9.97 Å². The van der Waals surface area contributed by atoms with Crippen LogP contribution in [0.2, 0.25) is 0 Å². The lowest BCUT2D eigenvalue weighted by Gasteiger charge is -2.21. The van der Waals surface area contributed by atoms with Crippen LogP contribution in [0.1, 0.15) is 35.5 Å². The molecule has 0 aliphatic heterocycles. The second-order valence-corrected chi connectivity index (χ2v) is 9.60. The summed E-state index contributed by atoms with van der Waals surface area (Å²) in [5.74, 6) is 1.16.